The molecular weight excluding hydrogens is 428 g/mol. The van der Waals surface area contributed by atoms with Crippen molar-refractivity contribution in [2.24, 2.45) is 0 Å². The number of ketones is 1. The number of benzene rings is 2. The number of fused-ring (bicyclic) bond motifs is 1. The van der Waals surface area contributed by atoms with Gasteiger partial charge in [0.25, 0.3) is 0 Å². The predicted octanol–water partition coefficient (Wildman–Crippen LogP) is 3.89. The molecular formula is C24H24N2O5S. The summed E-state index contributed by atoms with van der Waals surface area (Å²) in [7, 11) is -3.28. The molecule has 2 heterocycles. The number of nitrogens with zero attached hydrogens (tertiary/aromatic N) is 1. The van der Waals surface area contributed by atoms with E-state index in [1.54, 1.807) is 24.4 Å². The summed E-state index contributed by atoms with van der Waals surface area (Å²) >= 11 is 0. The first-order chi connectivity index (χ1) is 14.8. The number of hydrogen-bond acceptors (Lipinski definition) is 7. The Balaban J connectivity index is 0.00000245. The van der Waals surface area contributed by atoms with E-state index in [2.05, 4.69) is 4.98 Å². The first-order valence-corrected chi connectivity index (χ1v) is 11.9. The van der Waals surface area contributed by atoms with Gasteiger partial charge in [-0.15, -0.1) is 0 Å². The highest BCUT2D eigenvalue weighted by Crippen LogP contribution is 2.51. The summed E-state index contributed by atoms with van der Waals surface area (Å²) in [6.07, 6.45) is 4.76. The minimum absolute atomic E-state index is 0. The van der Waals surface area contributed by atoms with Gasteiger partial charge < -0.3 is 15.6 Å². The normalized spacial score (nSPS) is 15.7. The van der Waals surface area contributed by atoms with E-state index in [1.165, 1.54) is 6.26 Å². The van der Waals surface area contributed by atoms with Gasteiger partial charge in [-0.25, -0.2) is 8.42 Å². The standard InChI is InChI=1S/C24H21NO5S.H3N/c1-31(27,28)20-4-2-3-16(11-20)17-5-7-19(25-14-17)13-23(26)24(9-10-24)18-6-8-21-22(12-18)30-15-29-21;/h2-8,11-12,14H,9-10,13,15H2,1H3;1H3. The molecule has 1 aromatic heterocycles. The lowest BCUT2D eigenvalue weighted by Crippen LogP contribution is -2.22. The Morgan fingerprint density at radius 3 is 2.47 bits per heavy atom. The number of ether oxygens (including phenoxy) is 2. The van der Waals surface area contributed by atoms with E-state index in [-0.39, 0.29) is 30.0 Å². The molecule has 3 N–H and O–H groups in total. The molecule has 1 aliphatic heterocycles. The summed E-state index contributed by atoms with van der Waals surface area (Å²) in [5.41, 5.74) is 2.77. The van der Waals surface area contributed by atoms with Gasteiger partial charge in [0, 0.05) is 30.1 Å². The van der Waals surface area contributed by atoms with E-state index in [4.69, 9.17) is 9.47 Å². The zero-order chi connectivity index (χ0) is 21.6. The van der Waals surface area contributed by atoms with Crippen LogP contribution in [-0.4, -0.2) is 32.2 Å². The Hall–Kier alpha value is -3.23. The van der Waals surface area contributed by atoms with Crippen molar-refractivity contribution >= 4 is 15.6 Å². The van der Waals surface area contributed by atoms with Crippen molar-refractivity contribution in [3.63, 3.8) is 0 Å². The summed E-state index contributed by atoms with van der Waals surface area (Å²) in [5.74, 6) is 1.55. The molecule has 7 nitrogen and oxygen atoms in total. The molecule has 0 bridgehead atoms. The summed E-state index contributed by atoms with van der Waals surface area (Å²) in [5, 5.41) is 0. The maximum absolute atomic E-state index is 13.1. The van der Waals surface area contributed by atoms with Crippen LogP contribution in [0.15, 0.2) is 65.7 Å². The van der Waals surface area contributed by atoms with Gasteiger partial charge in [-0.2, -0.15) is 0 Å². The molecule has 3 aromatic rings. The largest absolute Gasteiger partial charge is 0.454 e. The molecule has 8 heteroatoms. The van der Waals surface area contributed by atoms with Crippen LogP contribution in [0.1, 0.15) is 24.1 Å². The van der Waals surface area contributed by atoms with Gasteiger partial charge >= 0.3 is 0 Å². The maximum atomic E-state index is 13.1. The summed E-state index contributed by atoms with van der Waals surface area (Å²) in [4.78, 5) is 17.9. The Bertz CT molecular complexity index is 1280. The lowest BCUT2D eigenvalue weighted by Gasteiger charge is -2.15. The molecule has 0 saturated heterocycles. The molecule has 1 aliphatic carbocycles. The van der Waals surface area contributed by atoms with Crippen molar-refractivity contribution in [2.75, 3.05) is 13.0 Å². The predicted molar refractivity (Wildman–Crippen MR) is 120 cm³/mol. The van der Waals surface area contributed by atoms with Gasteiger partial charge in [0.05, 0.1) is 10.3 Å². The molecule has 0 radical (unpaired) electrons. The molecule has 32 heavy (non-hydrogen) atoms. The second kappa shape index (κ2) is 8.03. The minimum atomic E-state index is -3.28. The average molecular weight is 453 g/mol. The average Bonchev–Trinajstić information content (AvgIpc) is 3.45. The first-order valence-electron chi connectivity index (χ1n) is 10.0. The second-order valence-corrected chi connectivity index (χ2v) is 10.1. The molecule has 0 unspecified atom stereocenters. The lowest BCUT2D eigenvalue weighted by atomic mass is 9.88. The molecule has 0 amide bonds. The van der Waals surface area contributed by atoms with Gasteiger partial charge in [0.2, 0.25) is 6.79 Å². The molecule has 2 aliphatic rings. The highest BCUT2D eigenvalue weighted by Gasteiger charge is 2.50. The van der Waals surface area contributed by atoms with E-state index < -0.39 is 15.3 Å². The Labute approximate surface area is 186 Å². The fourth-order valence-corrected chi connectivity index (χ4v) is 4.65. The maximum Gasteiger partial charge on any atom is 0.231 e. The summed E-state index contributed by atoms with van der Waals surface area (Å²) in [6.45, 7) is 0.211. The molecule has 0 spiro atoms. The smallest absolute Gasteiger partial charge is 0.231 e. The van der Waals surface area contributed by atoms with Crippen LogP contribution in [0.5, 0.6) is 11.5 Å². The van der Waals surface area contributed by atoms with Crippen LogP contribution in [0.3, 0.4) is 0 Å². The number of hydrogen-bond donors (Lipinski definition) is 1. The van der Waals surface area contributed by atoms with Crippen molar-refractivity contribution in [1.29, 1.82) is 0 Å². The quantitative estimate of drug-likeness (QED) is 0.603. The zero-order valence-corrected chi connectivity index (χ0v) is 18.5. The van der Waals surface area contributed by atoms with Gasteiger partial charge in [-0.05, 0) is 54.3 Å². The topological polar surface area (TPSA) is 118 Å². The van der Waals surface area contributed by atoms with Crippen LogP contribution in [-0.2, 0) is 26.5 Å². The van der Waals surface area contributed by atoms with Crippen molar-refractivity contribution in [3.8, 4) is 22.6 Å². The van der Waals surface area contributed by atoms with Gasteiger partial charge in [0.1, 0.15) is 5.78 Å². The van der Waals surface area contributed by atoms with Gasteiger partial charge in [-0.1, -0.05) is 24.3 Å². The number of aromatic nitrogens is 1. The zero-order valence-electron chi connectivity index (χ0n) is 17.7. The Morgan fingerprint density at radius 2 is 1.78 bits per heavy atom. The minimum Gasteiger partial charge on any atom is -0.454 e. The summed E-state index contributed by atoms with van der Waals surface area (Å²) < 4.78 is 34.4. The van der Waals surface area contributed by atoms with E-state index in [9.17, 15) is 13.2 Å². The van der Waals surface area contributed by atoms with Crippen LogP contribution < -0.4 is 15.6 Å². The number of rotatable bonds is 6. The molecule has 2 aromatic carbocycles. The number of carbonyl (C=O) groups is 1. The molecule has 1 saturated carbocycles. The second-order valence-electron chi connectivity index (χ2n) is 8.09. The SMILES string of the molecule is CS(=O)(=O)c1cccc(-c2ccc(CC(=O)C3(c4ccc5c(c4)OCO5)CC3)nc2)c1.N. The molecule has 5 rings (SSSR count). The Kier molecular flexibility index (Phi) is 5.52. The monoisotopic (exact) mass is 452 g/mol. The van der Waals surface area contributed by atoms with E-state index in [0.717, 1.165) is 29.5 Å². The molecule has 166 valence electrons. The van der Waals surface area contributed by atoms with E-state index in [1.807, 2.05) is 36.4 Å². The third-order valence-corrected chi connectivity index (χ3v) is 7.08. The van der Waals surface area contributed by atoms with Crippen molar-refractivity contribution in [1.82, 2.24) is 11.1 Å². The van der Waals surface area contributed by atoms with Crippen LogP contribution in [0.2, 0.25) is 0 Å². The highest BCUT2D eigenvalue weighted by molar-refractivity contribution is 7.90. The van der Waals surface area contributed by atoms with E-state index >= 15 is 0 Å². The third kappa shape index (κ3) is 3.99. The van der Waals surface area contributed by atoms with Gasteiger partial charge in [-0.3, -0.25) is 9.78 Å². The fraction of sp³-hybridized carbons (Fsp3) is 0.250. The molecule has 0 atom stereocenters. The number of pyridine rings is 1. The molecule has 1 fully saturated rings. The van der Waals surface area contributed by atoms with Crippen molar-refractivity contribution in [2.45, 2.75) is 29.6 Å². The number of Topliss-reactive ketones (excluding diaryl/α,β-unsaturated/α-hetero) is 1. The van der Waals surface area contributed by atoms with E-state index in [0.29, 0.717) is 17.2 Å². The number of carbonyl (C=O) groups excluding carboxylic acids is 1. The van der Waals surface area contributed by atoms with Crippen LogP contribution in [0.4, 0.5) is 0 Å². The summed E-state index contributed by atoms with van der Waals surface area (Å²) in [6, 6.07) is 16.2. The number of sulfone groups is 1. The fourth-order valence-electron chi connectivity index (χ4n) is 3.99. The Morgan fingerprint density at radius 1 is 1.00 bits per heavy atom. The third-order valence-electron chi connectivity index (χ3n) is 5.97. The lowest BCUT2D eigenvalue weighted by molar-refractivity contribution is -0.120. The first kappa shape index (κ1) is 22.0. The van der Waals surface area contributed by atoms with Crippen LogP contribution in [0.25, 0.3) is 11.1 Å². The van der Waals surface area contributed by atoms with Gasteiger partial charge in [0.15, 0.2) is 21.3 Å². The van der Waals surface area contributed by atoms with Crippen molar-refractivity contribution < 1.29 is 22.7 Å². The van der Waals surface area contributed by atoms with Crippen molar-refractivity contribution in [3.05, 3.63) is 72.1 Å². The van der Waals surface area contributed by atoms with Crippen LogP contribution in [0, 0.1) is 0 Å². The highest BCUT2D eigenvalue weighted by atomic mass is 32.2. The van der Waals surface area contributed by atoms with Crippen LogP contribution >= 0.6 is 0 Å².